The van der Waals surface area contributed by atoms with Gasteiger partial charge in [-0.05, 0) is 12.5 Å². The van der Waals surface area contributed by atoms with Crippen LogP contribution in [0.25, 0.3) is 10.9 Å². The molecule has 0 aliphatic carbocycles. The van der Waals surface area contributed by atoms with Crippen molar-refractivity contribution in [1.29, 1.82) is 5.26 Å². The highest BCUT2D eigenvalue weighted by atomic mass is 16.5. The van der Waals surface area contributed by atoms with Gasteiger partial charge in [0.15, 0.2) is 0 Å². The summed E-state index contributed by atoms with van der Waals surface area (Å²) in [5.74, 6) is 0.760. The molecular weight excluding hydrogens is 226 g/mol. The van der Waals surface area contributed by atoms with Crippen LogP contribution in [0.4, 0.5) is 5.69 Å². The van der Waals surface area contributed by atoms with Gasteiger partial charge in [0.05, 0.1) is 17.9 Å². The molecular formula is C14H15N3O. The molecule has 0 unspecified atom stereocenters. The Hall–Kier alpha value is -2.28. The SMILES string of the molecule is CCCOc1cccc2c(NC)c(C#N)cnc12. The summed E-state index contributed by atoms with van der Waals surface area (Å²) in [6.45, 7) is 2.72. The van der Waals surface area contributed by atoms with E-state index in [1.165, 1.54) is 0 Å². The molecule has 2 aromatic rings. The van der Waals surface area contributed by atoms with Crippen LogP contribution in [-0.4, -0.2) is 18.6 Å². The van der Waals surface area contributed by atoms with Crippen LogP contribution >= 0.6 is 0 Å². The number of benzene rings is 1. The van der Waals surface area contributed by atoms with Crippen LogP contribution in [0.3, 0.4) is 0 Å². The van der Waals surface area contributed by atoms with Crippen molar-refractivity contribution in [3.63, 3.8) is 0 Å². The second kappa shape index (κ2) is 5.37. The fourth-order valence-electron chi connectivity index (χ4n) is 1.88. The molecule has 0 aliphatic rings. The van der Waals surface area contributed by atoms with E-state index in [0.717, 1.165) is 28.8 Å². The van der Waals surface area contributed by atoms with E-state index in [4.69, 9.17) is 10.00 Å². The first kappa shape index (κ1) is 12.2. The van der Waals surface area contributed by atoms with Crippen LogP contribution in [0.15, 0.2) is 24.4 Å². The lowest BCUT2D eigenvalue weighted by Gasteiger charge is -2.11. The number of aromatic nitrogens is 1. The van der Waals surface area contributed by atoms with E-state index in [1.54, 1.807) is 13.2 Å². The van der Waals surface area contributed by atoms with Gasteiger partial charge in [0.2, 0.25) is 0 Å². The molecule has 1 N–H and O–H groups in total. The third-order valence-electron chi connectivity index (χ3n) is 2.69. The van der Waals surface area contributed by atoms with E-state index >= 15 is 0 Å². The largest absolute Gasteiger partial charge is 0.491 e. The molecule has 0 atom stereocenters. The zero-order valence-corrected chi connectivity index (χ0v) is 10.5. The minimum Gasteiger partial charge on any atom is -0.491 e. The Morgan fingerprint density at radius 1 is 1.44 bits per heavy atom. The standard InChI is InChI=1S/C14H15N3O/c1-3-7-18-12-6-4-5-11-13(16-2)10(8-15)9-17-14(11)12/h4-6,9H,3,7H2,1-2H3,(H,16,17). The number of nitriles is 1. The second-order valence-electron chi connectivity index (χ2n) is 3.91. The molecule has 0 amide bonds. The zero-order chi connectivity index (χ0) is 13.0. The summed E-state index contributed by atoms with van der Waals surface area (Å²) in [4.78, 5) is 4.33. The van der Waals surface area contributed by atoms with Gasteiger partial charge in [-0.1, -0.05) is 19.1 Å². The first-order valence-electron chi connectivity index (χ1n) is 5.94. The molecule has 0 fully saturated rings. The van der Waals surface area contributed by atoms with Crippen LogP contribution < -0.4 is 10.1 Å². The Kier molecular flexibility index (Phi) is 3.63. The number of hydrogen-bond donors (Lipinski definition) is 1. The Labute approximate surface area is 106 Å². The first-order chi connectivity index (χ1) is 8.81. The average Bonchev–Trinajstić information content (AvgIpc) is 2.43. The molecule has 4 nitrogen and oxygen atoms in total. The molecule has 0 saturated heterocycles. The van der Waals surface area contributed by atoms with Gasteiger partial charge < -0.3 is 10.1 Å². The quantitative estimate of drug-likeness (QED) is 0.894. The van der Waals surface area contributed by atoms with Crippen molar-refractivity contribution in [1.82, 2.24) is 4.98 Å². The number of nitrogens with zero attached hydrogens (tertiary/aromatic N) is 2. The predicted octanol–water partition coefficient (Wildman–Crippen LogP) is 2.94. The van der Waals surface area contributed by atoms with Crippen LogP contribution in [-0.2, 0) is 0 Å². The van der Waals surface area contributed by atoms with Crippen LogP contribution in [0.1, 0.15) is 18.9 Å². The number of nitrogens with one attached hydrogen (secondary N) is 1. The van der Waals surface area contributed by atoms with E-state index in [2.05, 4.69) is 23.3 Å². The molecule has 92 valence electrons. The molecule has 1 aromatic carbocycles. The highest BCUT2D eigenvalue weighted by molar-refractivity contribution is 5.96. The van der Waals surface area contributed by atoms with Crippen LogP contribution in [0.5, 0.6) is 5.75 Å². The van der Waals surface area contributed by atoms with Gasteiger partial charge >= 0.3 is 0 Å². The van der Waals surface area contributed by atoms with E-state index in [1.807, 2.05) is 18.2 Å². The Bertz CT molecular complexity index is 602. The van der Waals surface area contributed by atoms with E-state index in [0.29, 0.717) is 12.2 Å². The average molecular weight is 241 g/mol. The summed E-state index contributed by atoms with van der Waals surface area (Å²) in [6.07, 6.45) is 2.53. The maximum Gasteiger partial charge on any atom is 0.145 e. The lowest BCUT2D eigenvalue weighted by atomic mass is 10.1. The summed E-state index contributed by atoms with van der Waals surface area (Å²) < 4.78 is 5.67. The summed E-state index contributed by atoms with van der Waals surface area (Å²) in [6, 6.07) is 7.89. The summed E-state index contributed by atoms with van der Waals surface area (Å²) >= 11 is 0. The van der Waals surface area contributed by atoms with Gasteiger partial charge in [0.1, 0.15) is 17.3 Å². The Morgan fingerprint density at radius 2 is 2.28 bits per heavy atom. The van der Waals surface area contributed by atoms with Crippen LogP contribution in [0.2, 0.25) is 0 Å². The van der Waals surface area contributed by atoms with Gasteiger partial charge in [-0.2, -0.15) is 5.26 Å². The molecule has 1 heterocycles. The van der Waals surface area contributed by atoms with Gasteiger partial charge in [-0.25, -0.2) is 0 Å². The molecule has 18 heavy (non-hydrogen) atoms. The number of ether oxygens (including phenoxy) is 1. The number of pyridine rings is 1. The molecule has 0 bridgehead atoms. The third kappa shape index (κ3) is 2.07. The van der Waals surface area contributed by atoms with Crippen LogP contribution in [0, 0.1) is 11.3 Å². The van der Waals surface area contributed by atoms with Gasteiger partial charge in [0.25, 0.3) is 0 Å². The Balaban J connectivity index is 2.62. The predicted molar refractivity (Wildman–Crippen MR) is 71.8 cm³/mol. The fraction of sp³-hybridized carbons (Fsp3) is 0.286. The molecule has 2 rings (SSSR count). The highest BCUT2D eigenvalue weighted by Crippen LogP contribution is 2.30. The van der Waals surface area contributed by atoms with Crippen molar-refractivity contribution in [2.24, 2.45) is 0 Å². The summed E-state index contributed by atoms with van der Waals surface area (Å²) in [5, 5.41) is 13.0. The number of anilines is 1. The smallest absolute Gasteiger partial charge is 0.145 e. The van der Waals surface area contributed by atoms with Crippen molar-refractivity contribution in [3.8, 4) is 11.8 Å². The zero-order valence-electron chi connectivity index (χ0n) is 10.5. The lowest BCUT2D eigenvalue weighted by molar-refractivity contribution is 0.320. The van der Waals surface area contributed by atoms with Gasteiger partial charge in [-0.15, -0.1) is 0 Å². The lowest BCUT2D eigenvalue weighted by Crippen LogP contribution is -1.99. The topological polar surface area (TPSA) is 57.9 Å². The molecule has 1 aromatic heterocycles. The Morgan fingerprint density at radius 3 is 2.94 bits per heavy atom. The number of rotatable bonds is 4. The number of fused-ring (bicyclic) bond motifs is 1. The summed E-state index contributed by atoms with van der Waals surface area (Å²) in [5.41, 5.74) is 2.12. The minimum absolute atomic E-state index is 0.539. The van der Waals surface area contributed by atoms with E-state index in [-0.39, 0.29) is 0 Å². The van der Waals surface area contributed by atoms with Crippen molar-refractivity contribution in [2.75, 3.05) is 19.0 Å². The molecule has 0 saturated carbocycles. The van der Waals surface area contributed by atoms with Crippen molar-refractivity contribution in [2.45, 2.75) is 13.3 Å². The maximum atomic E-state index is 9.06. The van der Waals surface area contributed by atoms with Gasteiger partial charge in [0, 0.05) is 18.6 Å². The first-order valence-corrected chi connectivity index (χ1v) is 5.94. The summed E-state index contributed by atoms with van der Waals surface area (Å²) in [7, 11) is 1.80. The number of para-hydroxylation sites is 1. The normalized spacial score (nSPS) is 10.1. The monoisotopic (exact) mass is 241 g/mol. The van der Waals surface area contributed by atoms with Crippen molar-refractivity contribution in [3.05, 3.63) is 30.0 Å². The third-order valence-corrected chi connectivity index (χ3v) is 2.69. The minimum atomic E-state index is 0.539. The van der Waals surface area contributed by atoms with Crippen molar-refractivity contribution >= 4 is 16.6 Å². The molecule has 0 radical (unpaired) electrons. The van der Waals surface area contributed by atoms with E-state index < -0.39 is 0 Å². The fourth-order valence-corrected chi connectivity index (χ4v) is 1.88. The molecule has 0 spiro atoms. The highest BCUT2D eigenvalue weighted by Gasteiger charge is 2.10. The van der Waals surface area contributed by atoms with Crippen molar-refractivity contribution < 1.29 is 4.74 Å². The van der Waals surface area contributed by atoms with E-state index in [9.17, 15) is 0 Å². The maximum absolute atomic E-state index is 9.06. The second-order valence-corrected chi connectivity index (χ2v) is 3.91. The molecule has 4 heteroatoms. The van der Waals surface area contributed by atoms with Gasteiger partial charge in [-0.3, -0.25) is 4.98 Å². The molecule has 0 aliphatic heterocycles. The number of hydrogen-bond acceptors (Lipinski definition) is 4.